The molecule has 1 aliphatic rings. The molecule has 0 bridgehead atoms. The molecule has 2 nitrogen and oxygen atoms in total. The Kier molecular flexibility index (Phi) is 4.58. The van der Waals surface area contributed by atoms with Crippen LogP contribution in [0.3, 0.4) is 0 Å². The van der Waals surface area contributed by atoms with Crippen LogP contribution < -0.4 is 0 Å². The normalized spacial score (nSPS) is 19.2. The molecule has 0 aromatic heterocycles. The molecule has 0 amide bonds. The van der Waals surface area contributed by atoms with Crippen LogP contribution in [0.4, 0.5) is 0 Å². The van der Waals surface area contributed by atoms with Crippen LogP contribution in [-0.4, -0.2) is 13.1 Å². The molecular weight excluding hydrogens is 164 g/mol. The molecule has 2 heteroatoms. The van der Waals surface area contributed by atoms with E-state index in [1.165, 1.54) is 39.2 Å². The van der Waals surface area contributed by atoms with Crippen molar-refractivity contribution >= 4 is 5.97 Å². The van der Waals surface area contributed by atoms with Gasteiger partial charge in [0.15, 0.2) is 0 Å². The first-order valence-corrected chi connectivity index (χ1v) is 5.06. The van der Waals surface area contributed by atoms with Gasteiger partial charge < -0.3 is 4.74 Å². The average Bonchev–Trinajstić information content (AvgIpc) is 2.19. The van der Waals surface area contributed by atoms with Gasteiger partial charge in [-0.3, -0.25) is 4.79 Å². The van der Waals surface area contributed by atoms with Gasteiger partial charge in [0.2, 0.25) is 0 Å². The molecule has 0 atom stereocenters. The third-order valence-electron chi connectivity index (χ3n) is 2.57. The van der Waals surface area contributed by atoms with Gasteiger partial charge in [-0.1, -0.05) is 31.4 Å². The number of hydrogen-bond donors (Lipinski definition) is 0. The quantitative estimate of drug-likeness (QED) is 0.495. The van der Waals surface area contributed by atoms with Crippen LogP contribution in [0, 0.1) is 5.92 Å². The Morgan fingerprint density at radius 2 is 2.08 bits per heavy atom. The summed E-state index contributed by atoms with van der Waals surface area (Å²) in [5, 5.41) is 0. The Bertz CT molecular complexity index is 179. The summed E-state index contributed by atoms with van der Waals surface area (Å²) in [6.45, 7) is 0. The van der Waals surface area contributed by atoms with E-state index in [-0.39, 0.29) is 5.97 Å². The summed E-state index contributed by atoms with van der Waals surface area (Å²) in [6, 6.07) is 0. The molecule has 1 fully saturated rings. The summed E-state index contributed by atoms with van der Waals surface area (Å²) in [5.74, 6) is 0.561. The van der Waals surface area contributed by atoms with Crippen molar-refractivity contribution in [3.05, 3.63) is 12.2 Å². The second-order valence-corrected chi connectivity index (χ2v) is 3.61. The molecule has 1 aliphatic carbocycles. The first kappa shape index (κ1) is 10.3. The van der Waals surface area contributed by atoms with Gasteiger partial charge in [0.05, 0.1) is 13.5 Å². The fraction of sp³-hybridized carbons (Fsp3) is 0.727. The smallest absolute Gasteiger partial charge is 0.309 e. The fourth-order valence-corrected chi connectivity index (χ4v) is 1.77. The van der Waals surface area contributed by atoms with Crippen LogP contribution in [0.15, 0.2) is 12.2 Å². The zero-order valence-corrected chi connectivity index (χ0v) is 8.29. The molecule has 0 N–H and O–H groups in total. The SMILES string of the molecule is COC(=O)C/C=C/C1CCCCC1. The highest BCUT2D eigenvalue weighted by molar-refractivity contribution is 5.70. The molecule has 0 heterocycles. The predicted octanol–water partition coefficient (Wildman–Crippen LogP) is 2.69. The van der Waals surface area contributed by atoms with Gasteiger partial charge in [-0.15, -0.1) is 0 Å². The number of carbonyl (C=O) groups is 1. The van der Waals surface area contributed by atoms with Crippen molar-refractivity contribution in [2.45, 2.75) is 38.5 Å². The Morgan fingerprint density at radius 3 is 2.69 bits per heavy atom. The lowest BCUT2D eigenvalue weighted by atomic mass is 9.89. The molecule has 74 valence electrons. The maximum absolute atomic E-state index is 10.8. The van der Waals surface area contributed by atoms with Gasteiger partial charge in [0.25, 0.3) is 0 Å². The molecule has 0 aromatic carbocycles. The maximum atomic E-state index is 10.8. The standard InChI is InChI=1S/C11H18O2/c1-13-11(12)9-5-8-10-6-3-2-4-7-10/h5,8,10H,2-4,6-7,9H2,1H3/b8-5+. The molecule has 0 radical (unpaired) electrons. The lowest BCUT2D eigenvalue weighted by molar-refractivity contribution is -0.139. The van der Waals surface area contributed by atoms with E-state index in [1.54, 1.807) is 0 Å². The Labute approximate surface area is 80.0 Å². The molecule has 0 unspecified atom stereocenters. The van der Waals surface area contributed by atoms with Gasteiger partial charge in [-0.05, 0) is 18.8 Å². The third kappa shape index (κ3) is 4.11. The summed E-state index contributed by atoms with van der Waals surface area (Å²) in [6.07, 6.45) is 11.2. The highest BCUT2D eigenvalue weighted by Crippen LogP contribution is 2.24. The molecule has 0 aliphatic heterocycles. The number of rotatable bonds is 3. The highest BCUT2D eigenvalue weighted by Gasteiger charge is 2.09. The second-order valence-electron chi connectivity index (χ2n) is 3.61. The Hall–Kier alpha value is -0.790. The van der Waals surface area contributed by atoms with E-state index in [2.05, 4.69) is 10.8 Å². The molecule has 1 rings (SSSR count). The second kappa shape index (κ2) is 5.79. The summed E-state index contributed by atoms with van der Waals surface area (Å²) in [7, 11) is 1.43. The van der Waals surface area contributed by atoms with Gasteiger partial charge in [-0.2, -0.15) is 0 Å². The minimum Gasteiger partial charge on any atom is -0.469 e. The summed E-state index contributed by atoms with van der Waals surface area (Å²) in [5.41, 5.74) is 0. The van der Waals surface area contributed by atoms with Crippen molar-refractivity contribution in [3.63, 3.8) is 0 Å². The Balaban J connectivity index is 2.18. The highest BCUT2D eigenvalue weighted by atomic mass is 16.5. The van der Waals surface area contributed by atoms with Crippen molar-refractivity contribution in [2.24, 2.45) is 5.92 Å². The number of hydrogen-bond acceptors (Lipinski definition) is 2. The van der Waals surface area contributed by atoms with Crippen LogP contribution in [0.2, 0.25) is 0 Å². The zero-order valence-electron chi connectivity index (χ0n) is 8.29. The minimum absolute atomic E-state index is 0.146. The van der Waals surface area contributed by atoms with Crippen LogP contribution in [-0.2, 0) is 9.53 Å². The van der Waals surface area contributed by atoms with Crippen LogP contribution in [0.1, 0.15) is 38.5 Å². The largest absolute Gasteiger partial charge is 0.469 e. The zero-order chi connectivity index (χ0) is 9.52. The predicted molar refractivity (Wildman–Crippen MR) is 52.3 cm³/mol. The number of esters is 1. The van der Waals surface area contributed by atoms with E-state index in [0.717, 1.165) is 0 Å². The first-order chi connectivity index (χ1) is 6.33. The number of ether oxygens (including phenoxy) is 1. The monoisotopic (exact) mass is 182 g/mol. The van der Waals surface area contributed by atoms with E-state index in [4.69, 9.17) is 0 Å². The topological polar surface area (TPSA) is 26.3 Å². The van der Waals surface area contributed by atoms with Crippen molar-refractivity contribution < 1.29 is 9.53 Å². The molecule has 0 aromatic rings. The van der Waals surface area contributed by atoms with E-state index in [0.29, 0.717) is 12.3 Å². The van der Waals surface area contributed by atoms with Crippen molar-refractivity contribution in [3.8, 4) is 0 Å². The van der Waals surface area contributed by atoms with E-state index < -0.39 is 0 Å². The van der Waals surface area contributed by atoms with Crippen LogP contribution >= 0.6 is 0 Å². The molecule has 0 saturated heterocycles. The van der Waals surface area contributed by atoms with Gasteiger partial charge in [-0.25, -0.2) is 0 Å². The summed E-state index contributed by atoms with van der Waals surface area (Å²) in [4.78, 5) is 10.8. The van der Waals surface area contributed by atoms with Crippen molar-refractivity contribution in [1.82, 2.24) is 0 Å². The number of allylic oxidation sites excluding steroid dienone is 1. The Morgan fingerprint density at radius 1 is 1.38 bits per heavy atom. The fourth-order valence-electron chi connectivity index (χ4n) is 1.77. The number of carbonyl (C=O) groups excluding carboxylic acids is 1. The van der Waals surface area contributed by atoms with E-state index in [1.807, 2.05) is 6.08 Å². The van der Waals surface area contributed by atoms with Gasteiger partial charge in [0.1, 0.15) is 0 Å². The molecule has 1 saturated carbocycles. The van der Waals surface area contributed by atoms with Gasteiger partial charge in [0, 0.05) is 0 Å². The molecule has 0 spiro atoms. The summed E-state index contributed by atoms with van der Waals surface area (Å²) >= 11 is 0. The first-order valence-electron chi connectivity index (χ1n) is 5.06. The van der Waals surface area contributed by atoms with E-state index in [9.17, 15) is 4.79 Å². The average molecular weight is 182 g/mol. The maximum Gasteiger partial charge on any atom is 0.309 e. The van der Waals surface area contributed by atoms with E-state index >= 15 is 0 Å². The van der Waals surface area contributed by atoms with Gasteiger partial charge >= 0.3 is 5.97 Å². The minimum atomic E-state index is -0.146. The third-order valence-corrected chi connectivity index (χ3v) is 2.57. The van der Waals surface area contributed by atoms with Crippen molar-refractivity contribution in [2.75, 3.05) is 7.11 Å². The molecular formula is C11H18O2. The summed E-state index contributed by atoms with van der Waals surface area (Å²) < 4.78 is 4.55. The van der Waals surface area contributed by atoms with Crippen LogP contribution in [0.25, 0.3) is 0 Å². The van der Waals surface area contributed by atoms with Crippen LogP contribution in [0.5, 0.6) is 0 Å². The lowest BCUT2D eigenvalue weighted by Gasteiger charge is -2.17. The lowest BCUT2D eigenvalue weighted by Crippen LogP contribution is -2.03. The number of methoxy groups -OCH3 is 1. The van der Waals surface area contributed by atoms with Crippen molar-refractivity contribution in [1.29, 1.82) is 0 Å². The molecule has 13 heavy (non-hydrogen) atoms.